The summed E-state index contributed by atoms with van der Waals surface area (Å²) in [6.45, 7) is 0.345. The number of benzene rings is 2. The Kier molecular flexibility index (Phi) is 4.91. The van der Waals surface area contributed by atoms with Crippen LogP contribution in [0.15, 0.2) is 48.5 Å². The molecule has 2 rings (SSSR count). The van der Waals surface area contributed by atoms with E-state index in [1.165, 1.54) is 12.1 Å². The number of nitro benzene ring substituents is 1. The Balaban J connectivity index is 2.02. The Morgan fingerprint density at radius 3 is 2.55 bits per heavy atom. The number of hydrogen-bond acceptors (Lipinski definition) is 4. The lowest BCUT2D eigenvalue weighted by molar-refractivity contribution is -0.384. The van der Waals surface area contributed by atoms with Crippen LogP contribution >= 0.6 is 22.6 Å². The standard InChI is InChI=1S/C14H13IN2O3/c15-12-8-11(17(19)20)6-7-13(12)16-9-14(18)10-4-2-1-3-5-10/h1-8,14,16,18H,9H2. The Labute approximate surface area is 129 Å². The lowest BCUT2D eigenvalue weighted by atomic mass is 10.1. The van der Waals surface area contributed by atoms with Crippen LogP contribution in [0.1, 0.15) is 11.7 Å². The fraction of sp³-hybridized carbons (Fsp3) is 0.143. The highest BCUT2D eigenvalue weighted by molar-refractivity contribution is 14.1. The van der Waals surface area contributed by atoms with Gasteiger partial charge in [0, 0.05) is 27.9 Å². The summed E-state index contributed by atoms with van der Waals surface area (Å²) in [7, 11) is 0. The molecule has 0 aromatic heterocycles. The lowest BCUT2D eigenvalue weighted by Gasteiger charge is -2.14. The third kappa shape index (κ3) is 3.67. The van der Waals surface area contributed by atoms with Gasteiger partial charge in [0.05, 0.1) is 11.0 Å². The van der Waals surface area contributed by atoms with Crippen LogP contribution in [-0.4, -0.2) is 16.6 Å². The highest BCUT2D eigenvalue weighted by atomic mass is 127. The maximum absolute atomic E-state index is 10.7. The second kappa shape index (κ2) is 6.67. The van der Waals surface area contributed by atoms with Gasteiger partial charge in [-0.1, -0.05) is 30.3 Å². The van der Waals surface area contributed by atoms with Crippen molar-refractivity contribution in [1.29, 1.82) is 0 Å². The molecule has 0 spiro atoms. The van der Waals surface area contributed by atoms with E-state index in [2.05, 4.69) is 5.32 Å². The minimum absolute atomic E-state index is 0.0588. The molecular formula is C14H13IN2O3. The quantitative estimate of drug-likeness (QED) is 0.471. The maximum Gasteiger partial charge on any atom is 0.270 e. The summed E-state index contributed by atoms with van der Waals surface area (Å²) >= 11 is 2.03. The van der Waals surface area contributed by atoms with Crippen molar-refractivity contribution in [1.82, 2.24) is 0 Å². The first-order valence-corrected chi connectivity index (χ1v) is 7.06. The molecule has 0 saturated heterocycles. The molecule has 1 unspecified atom stereocenters. The molecule has 104 valence electrons. The Hall–Kier alpha value is -1.67. The van der Waals surface area contributed by atoms with E-state index in [4.69, 9.17) is 0 Å². The summed E-state index contributed by atoms with van der Waals surface area (Å²) in [5, 5.41) is 23.8. The van der Waals surface area contributed by atoms with E-state index in [0.717, 1.165) is 14.8 Å². The number of hydrogen-bond donors (Lipinski definition) is 2. The Morgan fingerprint density at radius 1 is 1.25 bits per heavy atom. The second-order valence-electron chi connectivity index (χ2n) is 4.23. The van der Waals surface area contributed by atoms with Crippen LogP contribution in [-0.2, 0) is 0 Å². The normalized spacial score (nSPS) is 11.9. The van der Waals surface area contributed by atoms with Crippen molar-refractivity contribution in [2.24, 2.45) is 0 Å². The molecule has 0 aliphatic carbocycles. The molecule has 0 saturated carbocycles. The first kappa shape index (κ1) is 14.7. The molecule has 6 heteroatoms. The zero-order chi connectivity index (χ0) is 14.5. The SMILES string of the molecule is O=[N+]([O-])c1ccc(NCC(O)c2ccccc2)c(I)c1. The predicted molar refractivity (Wildman–Crippen MR) is 85.7 cm³/mol. The lowest BCUT2D eigenvalue weighted by Crippen LogP contribution is -2.12. The van der Waals surface area contributed by atoms with Gasteiger partial charge in [0.1, 0.15) is 0 Å². The molecule has 5 nitrogen and oxygen atoms in total. The molecule has 0 aliphatic heterocycles. The van der Waals surface area contributed by atoms with Crippen LogP contribution in [0.2, 0.25) is 0 Å². The van der Waals surface area contributed by atoms with Crippen molar-refractivity contribution in [3.63, 3.8) is 0 Å². The van der Waals surface area contributed by atoms with Gasteiger partial charge in [-0.2, -0.15) is 0 Å². The Bertz CT molecular complexity index is 605. The third-order valence-corrected chi connectivity index (χ3v) is 3.73. The van der Waals surface area contributed by atoms with Crippen LogP contribution in [0.5, 0.6) is 0 Å². The van der Waals surface area contributed by atoms with Crippen molar-refractivity contribution in [2.45, 2.75) is 6.10 Å². The molecule has 2 N–H and O–H groups in total. The summed E-state index contributed by atoms with van der Waals surface area (Å²) < 4.78 is 0.747. The molecule has 1 atom stereocenters. The van der Waals surface area contributed by atoms with E-state index in [0.29, 0.717) is 6.54 Å². The van der Waals surface area contributed by atoms with Gasteiger partial charge < -0.3 is 10.4 Å². The van der Waals surface area contributed by atoms with E-state index in [9.17, 15) is 15.2 Å². The number of anilines is 1. The van der Waals surface area contributed by atoms with E-state index in [1.54, 1.807) is 6.07 Å². The van der Waals surface area contributed by atoms with Gasteiger partial charge in [0.25, 0.3) is 5.69 Å². The van der Waals surface area contributed by atoms with Crippen molar-refractivity contribution in [2.75, 3.05) is 11.9 Å². The predicted octanol–water partition coefficient (Wildman–Crippen LogP) is 3.34. The monoisotopic (exact) mass is 384 g/mol. The molecule has 0 bridgehead atoms. The number of nitrogens with one attached hydrogen (secondary N) is 1. The zero-order valence-electron chi connectivity index (χ0n) is 10.5. The number of nitro groups is 1. The number of halogens is 1. The largest absolute Gasteiger partial charge is 0.387 e. The van der Waals surface area contributed by atoms with Crippen molar-refractivity contribution >= 4 is 34.0 Å². The number of nitrogens with zero attached hydrogens (tertiary/aromatic N) is 1. The third-order valence-electron chi connectivity index (χ3n) is 2.83. The fourth-order valence-electron chi connectivity index (χ4n) is 1.76. The highest BCUT2D eigenvalue weighted by Gasteiger charge is 2.11. The van der Waals surface area contributed by atoms with E-state index >= 15 is 0 Å². The summed E-state index contributed by atoms with van der Waals surface area (Å²) in [4.78, 5) is 10.2. The second-order valence-corrected chi connectivity index (χ2v) is 5.39. The van der Waals surface area contributed by atoms with Gasteiger partial charge in [-0.05, 0) is 34.2 Å². The smallest absolute Gasteiger partial charge is 0.270 e. The van der Waals surface area contributed by atoms with E-state index in [-0.39, 0.29) is 5.69 Å². The van der Waals surface area contributed by atoms with Gasteiger partial charge >= 0.3 is 0 Å². The average molecular weight is 384 g/mol. The zero-order valence-corrected chi connectivity index (χ0v) is 12.6. The topological polar surface area (TPSA) is 75.4 Å². The molecule has 2 aromatic rings. The molecule has 0 radical (unpaired) electrons. The van der Waals surface area contributed by atoms with Crippen molar-refractivity contribution in [3.8, 4) is 0 Å². The molecule has 0 fully saturated rings. The summed E-state index contributed by atoms with van der Waals surface area (Å²) in [5.41, 5.74) is 1.66. The molecule has 0 heterocycles. The summed E-state index contributed by atoms with van der Waals surface area (Å²) in [5.74, 6) is 0. The highest BCUT2D eigenvalue weighted by Crippen LogP contribution is 2.24. The van der Waals surface area contributed by atoms with E-state index < -0.39 is 11.0 Å². The summed E-state index contributed by atoms with van der Waals surface area (Å²) in [6, 6.07) is 13.9. The average Bonchev–Trinajstić information content (AvgIpc) is 2.46. The molecular weight excluding hydrogens is 371 g/mol. The van der Waals surface area contributed by atoms with Crippen LogP contribution in [0, 0.1) is 13.7 Å². The number of aliphatic hydroxyl groups excluding tert-OH is 1. The minimum Gasteiger partial charge on any atom is -0.387 e. The van der Waals surface area contributed by atoms with Gasteiger partial charge in [-0.25, -0.2) is 0 Å². The number of rotatable bonds is 5. The van der Waals surface area contributed by atoms with Crippen LogP contribution < -0.4 is 5.32 Å². The molecule has 2 aromatic carbocycles. The fourth-order valence-corrected chi connectivity index (χ4v) is 2.45. The van der Waals surface area contributed by atoms with Gasteiger partial charge in [-0.15, -0.1) is 0 Å². The van der Waals surface area contributed by atoms with Crippen molar-refractivity contribution in [3.05, 3.63) is 67.8 Å². The number of aliphatic hydroxyl groups is 1. The van der Waals surface area contributed by atoms with Gasteiger partial charge in [0.15, 0.2) is 0 Å². The summed E-state index contributed by atoms with van der Waals surface area (Å²) in [6.07, 6.45) is -0.623. The number of non-ortho nitro benzene ring substituents is 1. The molecule has 0 aliphatic rings. The van der Waals surface area contributed by atoms with Gasteiger partial charge in [0.2, 0.25) is 0 Å². The molecule has 20 heavy (non-hydrogen) atoms. The first-order valence-electron chi connectivity index (χ1n) is 5.99. The van der Waals surface area contributed by atoms with Crippen LogP contribution in [0.4, 0.5) is 11.4 Å². The van der Waals surface area contributed by atoms with Crippen LogP contribution in [0.3, 0.4) is 0 Å². The van der Waals surface area contributed by atoms with Crippen LogP contribution in [0.25, 0.3) is 0 Å². The molecule has 0 amide bonds. The van der Waals surface area contributed by atoms with E-state index in [1.807, 2.05) is 52.9 Å². The maximum atomic E-state index is 10.7. The van der Waals surface area contributed by atoms with Crippen molar-refractivity contribution < 1.29 is 10.0 Å². The van der Waals surface area contributed by atoms with Gasteiger partial charge in [-0.3, -0.25) is 10.1 Å². The minimum atomic E-state index is -0.623. The Morgan fingerprint density at radius 2 is 1.95 bits per heavy atom. The first-order chi connectivity index (χ1) is 9.58.